The maximum atomic E-state index is 13.9. The highest BCUT2D eigenvalue weighted by molar-refractivity contribution is 7.99. The van der Waals surface area contributed by atoms with Gasteiger partial charge in [-0.25, -0.2) is 4.39 Å². The van der Waals surface area contributed by atoms with Gasteiger partial charge in [0, 0.05) is 29.5 Å². The molecule has 0 bridgehead atoms. The van der Waals surface area contributed by atoms with Crippen molar-refractivity contribution >= 4 is 17.6 Å². The van der Waals surface area contributed by atoms with Crippen LogP contribution in [0.1, 0.15) is 30.4 Å². The van der Waals surface area contributed by atoms with E-state index in [0.29, 0.717) is 22.9 Å². The fraction of sp³-hybridized carbons (Fsp3) is 0.500. The number of rotatable bonds is 5. The summed E-state index contributed by atoms with van der Waals surface area (Å²) < 4.78 is 13.9. The smallest absolute Gasteiger partial charge is 0.170 e. The highest BCUT2D eigenvalue weighted by atomic mass is 32.2. The Kier molecular flexibility index (Phi) is 5.67. The molecule has 4 N–H and O–H groups in total. The van der Waals surface area contributed by atoms with Crippen molar-refractivity contribution in [2.45, 2.75) is 31.1 Å². The Morgan fingerprint density at radius 3 is 3.00 bits per heavy atom. The van der Waals surface area contributed by atoms with Crippen LogP contribution in [0.15, 0.2) is 23.4 Å². The van der Waals surface area contributed by atoms with Crippen LogP contribution in [0.4, 0.5) is 4.39 Å². The van der Waals surface area contributed by atoms with Gasteiger partial charge in [0.05, 0.1) is 0 Å². The molecule has 1 heterocycles. The Bertz CT molecular complexity index is 475. The van der Waals surface area contributed by atoms with Gasteiger partial charge in [-0.2, -0.15) is 11.8 Å². The molecule has 1 aromatic carbocycles. The van der Waals surface area contributed by atoms with Gasteiger partial charge >= 0.3 is 0 Å². The summed E-state index contributed by atoms with van der Waals surface area (Å²) in [5, 5.41) is 15.4. The molecule has 0 spiro atoms. The summed E-state index contributed by atoms with van der Waals surface area (Å²) in [5.41, 5.74) is 6.41. The second kappa shape index (κ2) is 7.50. The van der Waals surface area contributed by atoms with Gasteiger partial charge in [0.25, 0.3) is 0 Å². The standard InChI is InChI=1S/C14H20FN3OS/c15-13-7-10(14(16)18-19)4-5-11(13)8-17-9-12-3-1-2-6-20-12/h4-5,7,12,17,19H,1-3,6,8-9H2,(H2,16,18). The van der Waals surface area contributed by atoms with Crippen molar-refractivity contribution in [1.82, 2.24) is 5.32 Å². The average molecular weight is 297 g/mol. The van der Waals surface area contributed by atoms with E-state index in [1.54, 1.807) is 12.1 Å². The number of benzene rings is 1. The van der Waals surface area contributed by atoms with Gasteiger partial charge in [-0.15, -0.1) is 0 Å². The minimum Gasteiger partial charge on any atom is -0.409 e. The third kappa shape index (κ3) is 4.11. The molecule has 1 unspecified atom stereocenters. The zero-order valence-electron chi connectivity index (χ0n) is 11.3. The van der Waals surface area contributed by atoms with Gasteiger partial charge in [-0.3, -0.25) is 0 Å². The van der Waals surface area contributed by atoms with Gasteiger partial charge in [0.15, 0.2) is 5.84 Å². The van der Waals surface area contributed by atoms with Crippen LogP contribution >= 0.6 is 11.8 Å². The minimum absolute atomic E-state index is 0.0815. The summed E-state index contributed by atoms with van der Waals surface area (Å²) in [4.78, 5) is 0. The van der Waals surface area contributed by atoms with E-state index < -0.39 is 0 Å². The molecule has 0 aromatic heterocycles. The van der Waals surface area contributed by atoms with Gasteiger partial charge in [-0.1, -0.05) is 23.7 Å². The van der Waals surface area contributed by atoms with Crippen molar-refractivity contribution < 1.29 is 9.60 Å². The summed E-state index contributed by atoms with van der Waals surface area (Å²) in [6.07, 6.45) is 3.84. The zero-order valence-corrected chi connectivity index (χ0v) is 12.1. The van der Waals surface area contributed by atoms with Crippen LogP contribution in [0.3, 0.4) is 0 Å². The summed E-state index contributed by atoms with van der Waals surface area (Å²) in [5.74, 6) is 0.815. The zero-order chi connectivity index (χ0) is 14.4. The summed E-state index contributed by atoms with van der Waals surface area (Å²) in [6, 6.07) is 4.62. The number of nitrogens with two attached hydrogens (primary N) is 1. The number of halogens is 1. The summed E-state index contributed by atoms with van der Waals surface area (Å²) in [6.45, 7) is 1.41. The van der Waals surface area contributed by atoms with Crippen molar-refractivity contribution in [3.63, 3.8) is 0 Å². The molecule has 2 rings (SSSR count). The first-order chi connectivity index (χ1) is 9.70. The molecule has 20 heavy (non-hydrogen) atoms. The summed E-state index contributed by atoms with van der Waals surface area (Å²) >= 11 is 2.00. The van der Waals surface area contributed by atoms with E-state index in [1.165, 1.54) is 31.1 Å². The number of hydrogen-bond donors (Lipinski definition) is 3. The Balaban J connectivity index is 1.86. The molecule has 0 aliphatic carbocycles. The molecule has 0 radical (unpaired) electrons. The van der Waals surface area contributed by atoms with Crippen LogP contribution in [0.25, 0.3) is 0 Å². The molecular weight excluding hydrogens is 277 g/mol. The van der Waals surface area contributed by atoms with Crippen molar-refractivity contribution in [1.29, 1.82) is 0 Å². The van der Waals surface area contributed by atoms with E-state index in [-0.39, 0.29) is 11.7 Å². The molecule has 6 heteroatoms. The maximum Gasteiger partial charge on any atom is 0.170 e. The van der Waals surface area contributed by atoms with Crippen molar-refractivity contribution in [3.05, 3.63) is 35.1 Å². The van der Waals surface area contributed by atoms with Crippen LogP contribution in [0, 0.1) is 5.82 Å². The molecule has 1 aliphatic rings. The molecule has 1 fully saturated rings. The van der Waals surface area contributed by atoms with Crippen LogP contribution in [-0.2, 0) is 6.54 Å². The number of nitrogens with one attached hydrogen (secondary N) is 1. The quantitative estimate of drug-likeness (QED) is 0.337. The monoisotopic (exact) mass is 297 g/mol. The number of oxime groups is 1. The van der Waals surface area contributed by atoms with Crippen LogP contribution in [-0.4, -0.2) is 28.6 Å². The number of amidine groups is 1. The molecule has 0 amide bonds. The molecule has 1 atom stereocenters. The van der Waals surface area contributed by atoms with Crippen molar-refractivity contribution in [2.24, 2.45) is 10.9 Å². The number of hydrogen-bond acceptors (Lipinski definition) is 4. The van der Waals surface area contributed by atoms with Gasteiger partial charge in [-0.05, 0) is 24.7 Å². The topological polar surface area (TPSA) is 70.6 Å². The first-order valence-corrected chi connectivity index (χ1v) is 7.84. The highest BCUT2D eigenvalue weighted by Gasteiger charge is 2.13. The van der Waals surface area contributed by atoms with E-state index in [2.05, 4.69) is 10.5 Å². The Hall–Kier alpha value is -1.27. The molecule has 110 valence electrons. The van der Waals surface area contributed by atoms with E-state index in [1.807, 2.05) is 11.8 Å². The van der Waals surface area contributed by atoms with Crippen LogP contribution < -0.4 is 11.1 Å². The fourth-order valence-electron chi connectivity index (χ4n) is 2.24. The van der Waals surface area contributed by atoms with E-state index >= 15 is 0 Å². The Labute approximate surface area is 122 Å². The fourth-order valence-corrected chi connectivity index (χ4v) is 3.52. The lowest BCUT2D eigenvalue weighted by molar-refractivity contribution is 0.318. The van der Waals surface area contributed by atoms with Crippen molar-refractivity contribution in [3.8, 4) is 0 Å². The lowest BCUT2D eigenvalue weighted by Gasteiger charge is -2.21. The van der Waals surface area contributed by atoms with Crippen molar-refractivity contribution in [2.75, 3.05) is 12.3 Å². The number of thioether (sulfide) groups is 1. The van der Waals surface area contributed by atoms with Gasteiger partial charge < -0.3 is 16.3 Å². The van der Waals surface area contributed by atoms with Crippen LogP contribution in [0.2, 0.25) is 0 Å². The van der Waals surface area contributed by atoms with E-state index in [4.69, 9.17) is 10.9 Å². The molecule has 1 aliphatic heterocycles. The highest BCUT2D eigenvalue weighted by Crippen LogP contribution is 2.24. The average Bonchev–Trinajstić information content (AvgIpc) is 2.49. The molecule has 1 saturated heterocycles. The maximum absolute atomic E-state index is 13.9. The second-order valence-electron chi connectivity index (χ2n) is 4.91. The SMILES string of the molecule is N/C(=N/O)c1ccc(CNCC2CCCCS2)c(F)c1. The van der Waals surface area contributed by atoms with Gasteiger partial charge in [0.1, 0.15) is 5.82 Å². The predicted molar refractivity (Wildman–Crippen MR) is 80.7 cm³/mol. The Morgan fingerprint density at radius 2 is 2.35 bits per heavy atom. The summed E-state index contributed by atoms with van der Waals surface area (Å²) in [7, 11) is 0. The predicted octanol–water partition coefficient (Wildman–Crippen LogP) is 2.30. The first kappa shape index (κ1) is 15.1. The molecule has 0 saturated carbocycles. The van der Waals surface area contributed by atoms with E-state index in [0.717, 1.165) is 6.54 Å². The minimum atomic E-state index is -0.335. The lowest BCUT2D eigenvalue weighted by Crippen LogP contribution is -2.26. The molecular formula is C14H20FN3OS. The normalized spacial score (nSPS) is 20.1. The third-order valence-electron chi connectivity index (χ3n) is 3.42. The van der Waals surface area contributed by atoms with E-state index in [9.17, 15) is 4.39 Å². The molecule has 1 aromatic rings. The van der Waals surface area contributed by atoms with Crippen LogP contribution in [0.5, 0.6) is 0 Å². The third-order valence-corrected chi connectivity index (χ3v) is 4.82. The Morgan fingerprint density at radius 1 is 1.50 bits per heavy atom. The number of nitrogens with zero attached hydrogens (tertiary/aromatic N) is 1. The van der Waals surface area contributed by atoms with Gasteiger partial charge in [0.2, 0.25) is 0 Å². The molecule has 4 nitrogen and oxygen atoms in total. The lowest BCUT2D eigenvalue weighted by atomic mass is 10.1. The first-order valence-electron chi connectivity index (χ1n) is 6.79. The largest absolute Gasteiger partial charge is 0.409 e. The second-order valence-corrected chi connectivity index (χ2v) is 6.32.